The number of pyridine rings is 1. The minimum atomic E-state index is 0. The van der Waals surface area contributed by atoms with Gasteiger partial charge in [-0.2, -0.15) is 12.1 Å². The van der Waals surface area contributed by atoms with Gasteiger partial charge in [-0.05, 0) is 61.1 Å². The zero-order valence-electron chi connectivity index (χ0n) is 25.8. The Morgan fingerprint density at radius 1 is 0.630 bits per heavy atom. The van der Waals surface area contributed by atoms with Gasteiger partial charge in [0.05, 0.1) is 0 Å². The van der Waals surface area contributed by atoms with E-state index in [1.54, 1.807) is 0 Å². The van der Waals surface area contributed by atoms with Crippen LogP contribution in [0.5, 0.6) is 0 Å². The first-order chi connectivity index (χ1) is 22.0. The van der Waals surface area contributed by atoms with Crippen molar-refractivity contribution in [3.05, 3.63) is 163 Å². The molecule has 0 radical (unpaired) electrons. The molecular weight excluding hydrogens is 741 g/mol. The van der Waals surface area contributed by atoms with E-state index in [2.05, 4.69) is 168 Å². The third kappa shape index (κ3) is 5.12. The number of aryl methyl sites for hydroxylation is 3. The summed E-state index contributed by atoms with van der Waals surface area (Å²) < 4.78 is 2.38. The fourth-order valence-electron chi connectivity index (χ4n) is 6.19. The second-order valence-electron chi connectivity index (χ2n) is 11.7. The van der Waals surface area contributed by atoms with Gasteiger partial charge in [-0.15, -0.1) is 59.2 Å². The quantitative estimate of drug-likeness (QED) is 0.167. The van der Waals surface area contributed by atoms with Crippen molar-refractivity contribution >= 4 is 49.5 Å². The van der Waals surface area contributed by atoms with E-state index < -0.39 is 0 Å². The van der Waals surface area contributed by atoms with Gasteiger partial charge in [-0.3, -0.25) is 0 Å². The van der Waals surface area contributed by atoms with Crippen molar-refractivity contribution in [2.24, 2.45) is 0 Å². The molecule has 0 N–H and O–H groups in total. The predicted molar refractivity (Wildman–Crippen MR) is 187 cm³/mol. The van der Waals surface area contributed by atoms with Crippen LogP contribution in [0.15, 0.2) is 128 Å². The van der Waals surface area contributed by atoms with Gasteiger partial charge in [0.15, 0.2) is 0 Å². The summed E-state index contributed by atoms with van der Waals surface area (Å²) in [4.78, 5) is 8.66. The summed E-state index contributed by atoms with van der Waals surface area (Å²) in [6.45, 7) is 8.34. The third-order valence-electron chi connectivity index (χ3n) is 8.73. The molecule has 9 rings (SSSR count). The van der Waals surface area contributed by atoms with Crippen LogP contribution in [-0.2, 0) is 20.1 Å². The molecule has 8 aromatic rings. The average Bonchev–Trinajstić information content (AvgIpc) is 3.79. The van der Waals surface area contributed by atoms with Crippen LogP contribution in [0.3, 0.4) is 0 Å². The third-order valence-corrected chi connectivity index (χ3v) is 8.73. The van der Waals surface area contributed by atoms with E-state index in [-0.39, 0.29) is 20.1 Å². The minimum Gasteiger partial charge on any atom is -0.500 e. The smallest absolute Gasteiger partial charge is 0.500 e. The van der Waals surface area contributed by atoms with E-state index in [4.69, 9.17) is 0 Å². The van der Waals surface area contributed by atoms with Crippen molar-refractivity contribution in [1.29, 1.82) is 0 Å². The van der Waals surface area contributed by atoms with Gasteiger partial charge in [-0.25, -0.2) is 0 Å². The summed E-state index contributed by atoms with van der Waals surface area (Å²) in [5.74, 6) is 0. The van der Waals surface area contributed by atoms with E-state index >= 15 is 0 Å². The molecular formula is C41H31IrN4. The first-order valence-electron chi connectivity index (χ1n) is 15.2. The first-order valence-corrected chi connectivity index (χ1v) is 15.2. The molecule has 5 aromatic carbocycles. The maximum atomic E-state index is 4.41. The first kappa shape index (κ1) is 29.7. The van der Waals surface area contributed by atoms with E-state index in [0.29, 0.717) is 0 Å². The van der Waals surface area contributed by atoms with Crippen molar-refractivity contribution in [2.75, 3.05) is 9.80 Å². The van der Waals surface area contributed by atoms with Gasteiger partial charge in [0.2, 0.25) is 0 Å². The van der Waals surface area contributed by atoms with E-state index in [9.17, 15) is 0 Å². The van der Waals surface area contributed by atoms with E-state index in [0.717, 1.165) is 22.6 Å². The Kier molecular flexibility index (Phi) is 7.82. The Morgan fingerprint density at radius 3 is 2.15 bits per heavy atom. The molecule has 0 unspecified atom stereocenters. The van der Waals surface area contributed by atoms with Crippen LogP contribution in [0.25, 0.3) is 49.4 Å². The van der Waals surface area contributed by atoms with Crippen molar-refractivity contribution in [3.8, 4) is 11.3 Å². The van der Waals surface area contributed by atoms with Crippen LogP contribution in [0.2, 0.25) is 0 Å². The zero-order valence-corrected chi connectivity index (χ0v) is 28.2. The van der Waals surface area contributed by atoms with Gasteiger partial charge in [-0.1, -0.05) is 78.7 Å². The minimum absolute atomic E-state index is 0. The normalized spacial score (nSPS) is 12.7. The number of aromatic nitrogens is 2. The predicted octanol–water partition coefficient (Wildman–Crippen LogP) is 10.0. The summed E-state index contributed by atoms with van der Waals surface area (Å²) in [6, 6.07) is 45.0. The Bertz CT molecular complexity index is 2340. The Balaban J connectivity index is 0.000000180. The van der Waals surface area contributed by atoms with E-state index in [1.165, 1.54) is 54.8 Å². The number of anilines is 2. The van der Waals surface area contributed by atoms with Crippen molar-refractivity contribution in [1.82, 2.24) is 9.38 Å². The van der Waals surface area contributed by atoms with Gasteiger partial charge < -0.3 is 19.2 Å². The molecule has 3 aromatic heterocycles. The molecule has 4 nitrogen and oxygen atoms in total. The number of rotatable bonds is 3. The number of benzene rings is 5. The number of nitrogens with zero attached hydrogens (tertiary/aromatic N) is 4. The molecule has 0 atom stereocenters. The summed E-state index contributed by atoms with van der Waals surface area (Å²) in [5.41, 5.74) is 11.7. The second-order valence-corrected chi connectivity index (χ2v) is 11.7. The summed E-state index contributed by atoms with van der Waals surface area (Å²) in [5, 5.41) is 5.16. The maximum Gasteiger partial charge on any atom is 3.00 e. The monoisotopic (exact) mass is 772 g/mol. The van der Waals surface area contributed by atoms with Gasteiger partial charge in [0.25, 0.3) is 0 Å². The number of fused-ring (bicyclic) bond motifs is 6. The topological polar surface area (TPSA) is 23.8 Å². The SMILES string of the molecule is Cc1c[c-]c(-c2cc(C)c(C)cn2)cc1.[Ir+3].[c-]1cc2c(cc1N1C=CN(c3ccccc3)[CH-]1)c1cccc3c4ccccc4n2c13. The van der Waals surface area contributed by atoms with Crippen molar-refractivity contribution < 1.29 is 20.1 Å². The van der Waals surface area contributed by atoms with Crippen LogP contribution in [0.1, 0.15) is 16.7 Å². The maximum absolute atomic E-state index is 4.41. The van der Waals surface area contributed by atoms with Gasteiger partial charge >= 0.3 is 20.1 Å². The van der Waals surface area contributed by atoms with Crippen LogP contribution < -0.4 is 9.80 Å². The molecule has 5 heteroatoms. The Hall–Kier alpha value is -4.96. The second kappa shape index (κ2) is 12.1. The van der Waals surface area contributed by atoms with E-state index in [1.807, 2.05) is 18.3 Å². The summed E-state index contributed by atoms with van der Waals surface area (Å²) >= 11 is 0. The molecule has 0 bridgehead atoms. The Morgan fingerprint density at radius 2 is 1.37 bits per heavy atom. The van der Waals surface area contributed by atoms with Crippen LogP contribution in [0, 0.1) is 39.6 Å². The fourth-order valence-corrected chi connectivity index (χ4v) is 6.19. The largest absolute Gasteiger partial charge is 3.00 e. The standard InChI is InChI=1S/C27H17N3.C14H14N.Ir/c1-2-7-19(8-3-1)28-15-16-29(18-28)20-13-14-26-24(17-20)23-11-6-10-22-21-9-4-5-12-25(21)30(26)27(22)23;1-10-4-6-13(7-5-10)14-8-11(2)12(3)9-15-14;/h1-12,14-18H;4-6,8-9H,1-3H3;/q-2;-1;+3. The number of hydrogen-bond donors (Lipinski definition) is 0. The van der Waals surface area contributed by atoms with Crippen molar-refractivity contribution in [2.45, 2.75) is 20.8 Å². The molecule has 1 aliphatic heterocycles. The van der Waals surface area contributed by atoms with Crippen molar-refractivity contribution in [3.63, 3.8) is 0 Å². The van der Waals surface area contributed by atoms with Gasteiger partial charge in [0, 0.05) is 33.7 Å². The number of para-hydroxylation sites is 3. The fraction of sp³-hybridized carbons (Fsp3) is 0.0732. The average molecular weight is 772 g/mol. The molecule has 46 heavy (non-hydrogen) atoms. The van der Waals surface area contributed by atoms with Crippen LogP contribution in [-0.4, -0.2) is 9.38 Å². The molecule has 0 spiro atoms. The van der Waals surface area contributed by atoms with Gasteiger partial charge in [0.1, 0.15) is 0 Å². The van der Waals surface area contributed by atoms with Crippen LogP contribution >= 0.6 is 0 Å². The molecule has 1 aliphatic rings. The summed E-state index contributed by atoms with van der Waals surface area (Å²) in [7, 11) is 0. The number of hydrogen-bond acceptors (Lipinski definition) is 3. The molecule has 0 aliphatic carbocycles. The molecule has 0 saturated carbocycles. The molecule has 0 fully saturated rings. The zero-order chi connectivity index (χ0) is 30.5. The van der Waals surface area contributed by atoms with Crippen LogP contribution in [0.4, 0.5) is 11.4 Å². The molecule has 0 saturated heterocycles. The molecule has 224 valence electrons. The Labute approximate surface area is 282 Å². The summed E-state index contributed by atoms with van der Waals surface area (Å²) in [6.07, 6.45) is 6.07. The molecule has 4 heterocycles. The molecule has 0 amide bonds.